The molecule has 0 radical (unpaired) electrons. The second kappa shape index (κ2) is 3.57. The number of alkyl halides is 3. The van der Waals surface area contributed by atoms with Crippen LogP contribution in [0.5, 0.6) is 0 Å². The normalized spacial score (nSPS) is 11.5. The van der Waals surface area contributed by atoms with Crippen molar-refractivity contribution in [2.45, 2.75) is 13.1 Å². The summed E-state index contributed by atoms with van der Waals surface area (Å²) in [5.41, 5.74) is -0.498. The van der Waals surface area contributed by atoms with Crippen LogP contribution in [0.4, 0.5) is 13.2 Å². The van der Waals surface area contributed by atoms with Crippen LogP contribution in [0.3, 0.4) is 0 Å². The van der Waals surface area contributed by atoms with Gasteiger partial charge in [-0.2, -0.15) is 13.2 Å². The first-order valence-corrected chi connectivity index (χ1v) is 3.94. The predicted molar refractivity (Wildman–Crippen MR) is 44.4 cm³/mol. The molecule has 2 nitrogen and oxygen atoms in total. The molecule has 0 fully saturated rings. The molecule has 1 aromatic heterocycles. The highest BCUT2D eigenvalue weighted by Crippen LogP contribution is 2.24. The number of hydrogen-bond donors (Lipinski definition) is 0. The molecule has 0 saturated heterocycles. The van der Waals surface area contributed by atoms with Gasteiger partial charge in [-0.25, -0.2) is 0 Å². The Morgan fingerprint density at radius 2 is 2.07 bits per heavy atom. The maximum atomic E-state index is 12.0. The Hall–Kier alpha value is -1.10. The van der Waals surface area contributed by atoms with E-state index < -0.39 is 17.5 Å². The molecule has 0 N–H and O–H groups in total. The van der Waals surface area contributed by atoms with Crippen LogP contribution >= 0.6 is 11.6 Å². The zero-order valence-electron chi connectivity index (χ0n) is 7.02. The van der Waals surface area contributed by atoms with E-state index in [1.54, 1.807) is 0 Å². The summed E-state index contributed by atoms with van der Waals surface area (Å²) in [6.45, 7) is 1.31. The Bertz CT molecular complexity index is 375. The van der Waals surface area contributed by atoms with Gasteiger partial charge in [0.25, 0.3) is 5.78 Å². The Morgan fingerprint density at radius 1 is 1.50 bits per heavy atom. The zero-order valence-corrected chi connectivity index (χ0v) is 7.78. The summed E-state index contributed by atoms with van der Waals surface area (Å²) in [6, 6.07) is 0.958. The van der Waals surface area contributed by atoms with Gasteiger partial charge < -0.3 is 0 Å². The largest absolute Gasteiger partial charge is 0.454 e. The van der Waals surface area contributed by atoms with E-state index in [4.69, 9.17) is 11.6 Å². The van der Waals surface area contributed by atoms with E-state index in [2.05, 4.69) is 4.98 Å². The fourth-order valence-corrected chi connectivity index (χ4v) is 1.05. The number of hydrogen-bond acceptors (Lipinski definition) is 2. The van der Waals surface area contributed by atoms with E-state index >= 15 is 0 Å². The lowest BCUT2D eigenvalue weighted by Crippen LogP contribution is -2.23. The van der Waals surface area contributed by atoms with Gasteiger partial charge in [-0.3, -0.25) is 9.78 Å². The van der Waals surface area contributed by atoms with Crippen LogP contribution in [0, 0.1) is 6.92 Å². The number of Topliss-reactive ketones (excluding diaryl/α,β-unsaturated/α-hetero) is 1. The highest BCUT2D eigenvalue weighted by atomic mass is 35.5. The minimum atomic E-state index is -4.89. The smallest absolute Gasteiger partial charge is 0.284 e. The molecular formula is C8H5ClF3NO. The molecule has 0 spiro atoms. The molecule has 14 heavy (non-hydrogen) atoms. The summed E-state index contributed by atoms with van der Waals surface area (Å²) in [5.74, 6) is -1.93. The van der Waals surface area contributed by atoms with Crippen molar-refractivity contribution in [1.82, 2.24) is 4.98 Å². The van der Waals surface area contributed by atoms with Gasteiger partial charge in [0.2, 0.25) is 0 Å². The van der Waals surface area contributed by atoms with Crippen LogP contribution in [0.1, 0.15) is 16.1 Å². The molecule has 0 unspecified atom stereocenters. The third-order valence-electron chi connectivity index (χ3n) is 1.56. The van der Waals surface area contributed by atoms with E-state index in [9.17, 15) is 18.0 Å². The minimum absolute atomic E-state index is 0.00296. The third-order valence-corrected chi connectivity index (χ3v) is 1.76. The first kappa shape index (κ1) is 11.0. The molecule has 76 valence electrons. The van der Waals surface area contributed by atoms with Crippen molar-refractivity contribution < 1.29 is 18.0 Å². The average Bonchev–Trinajstić information content (AvgIpc) is 2.06. The molecule has 1 rings (SSSR count). The number of ketones is 1. The quantitative estimate of drug-likeness (QED) is 0.686. The number of aryl methyl sites for hydroxylation is 1. The molecule has 0 aliphatic carbocycles. The molecule has 0 bridgehead atoms. The highest BCUT2D eigenvalue weighted by Gasteiger charge is 2.40. The van der Waals surface area contributed by atoms with Crippen LogP contribution in [-0.2, 0) is 0 Å². The van der Waals surface area contributed by atoms with Crippen LogP contribution < -0.4 is 0 Å². The lowest BCUT2D eigenvalue weighted by atomic mass is 10.1. The molecule has 0 saturated carbocycles. The van der Waals surface area contributed by atoms with E-state index in [0.29, 0.717) is 0 Å². The van der Waals surface area contributed by atoms with E-state index in [1.807, 2.05) is 0 Å². The fraction of sp³-hybridized carbons (Fsp3) is 0.250. The van der Waals surface area contributed by atoms with Crippen LogP contribution in [-0.4, -0.2) is 16.9 Å². The molecular weight excluding hydrogens is 219 g/mol. The number of halogens is 4. The summed E-state index contributed by atoms with van der Waals surface area (Å²) in [5, 5.41) is 0.00296. The van der Waals surface area contributed by atoms with Crippen molar-refractivity contribution >= 4 is 17.4 Å². The molecule has 0 aliphatic rings. The summed E-state index contributed by atoms with van der Waals surface area (Å²) >= 11 is 5.43. The first-order valence-electron chi connectivity index (χ1n) is 3.56. The van der Waals surface area contributed by atoms with Crippen LogP contribution in [0.15, 0.2) is 12.3 Å². The Kier molecular flexibility index (Phi) is 2.80. The summed E-state index contributed by atoms with van der Waals surface area (Å²) < 4.78 is 36.1. The summed E-state index contributed by atoms with van der Waals surface area (Å²) in [4.78, 5) is 14.4. The molecule has 0 aromatic carbocycles. The van der Waals surface area contributed by atoms with Gasteiger partial charge in [0, 0.05) is 17.5 Å². The van der Waals surface area contributed by atoms with Gasteiger partial charge >= 0.3 is 6.18 Å². The zero-order chi connectivity index (χ0) is 10.9. The van der Waals surface area contributed by atoms with Crippen molar-refractivity contribution in [2.75, 3.05) is 0 Å². The monoisotopic (exact) mass is 223 g/mol. The molecule has 6 heteroatoms. The second-order valence-electron chi connectivity index (χ2n) is 2.61. The molecule has 0 amide bonds. The number of nitrogens with zero attached hydrogens (tertiary/aromatic N) is 1. The standard InChI is InChI=1S/C8H5ClF3NO/c1-4-6(2-5(9)3-13-4)7(14)8(10,11)12/h2-3H,1H3. The number of carbonyl (C=O) groups excluding carboxylic acids is 1. The minimum Gasteiger partial charge on any atom is -0.284 e. The first-order chi connectivity index (χ1) is 6.32. The van der Waals surface area contributed by atoms with Crippen molar-refractivity contribution in [3.63, 3.8) is 0 Å². The fourth-order valence-electron chi connectivity index (χ4n) is 0.890. The second-order valence-corrected chi connectivity index (χ2v) is 3.05. The molecule has 0 aliphatic heterocycles. The van der Waals surface area contributed by atoms with Crippen molar-refractivity contribution in [2.24, 2.45) is 0 Å². The predicted octanol–water partition coefficient (Wildman–Crippen LogP) is 2.79. The van der Waals surface area contributed by atoms with Gasteiger partial charge in [0.05, 0.1) is 5.02 Å². The van der Waals surface area contributed by atoms with E-state index in [0.717, 1.165) is 6.07 Å². The van der Waals surface area contributed by atoms with Gasteiger partial charge in [0.1, 0.15) is 0 Å². The number of aromatic nitrogens is 1. The van der Waals surface area contributed by atoms with Crippen molar-refractivity contribution in [3.05, 3.63) is 28.5 Å². The van der Waals surface area contributed by atoms with E-state index in [-0.39, 0.29) is 10.7 Å². The molecule has 1 heterocycles. The van der Waals surface area contributed by atoms with Gasteiger partial charge in [-0.15, -0.1) is 0 Å². The van der Waals surface area contributed by atoms with Crippen LogP contribution in [0.25, 0.3) is 0 Å². The Labute approximate surface area is 82.7 Å². The van der Waals surface area contributed by atoms with Gasteiger partial charge in [-0.05, 0) is 13.0 Å². The molecule has 0 atom stereocenters. The Balaban J connectivity index is 3.19. The Morgan fingerprint density at radius 3 is 2.57 bits per heavy atom. The van der Waals surface area contributed by atoms with E-state index in [1.165, 1.54) is 13.1 Å². The highest BCUT2D eigenvalue weighted by molar-refractivity contribution is 6.30. The van der Waals surface area contributed by atoms with Gasteiger partial charge in [-0.1, -0.05) is 11.6 Å². The third kappa shape index (κ3) is 2.23. The average molecular weight is 224 g/mol. The number of carbonyl (C=O) groups is 1. The topological polar surface area (TPSA) is 30.0 Å². The maximum absolute atomic E-state index is 12.0. The van der Waals surface area contributed by atoms with Crippen molar-refractivity contribution in [1.29, 1.82) is 0 Å². The van der Waals surface area contributed by atoms with Gasteiger partial charge in [0.15, 0.2) is 0 Å². The lowest BCUT2D eigenvalue weighted by molar-refractivity contribution is -0.0885. The SMILES string of the molecule is Cc1ncc(Cl)cc1C(=O)C(F)(F)F. The van der Waals surface area contributed by atoms with Crippen LogP contribution in [0.2, 0.25) is 5.02 Å². The maximum Gasteiger partial charge on any atom is 0.454 e. The van der Waals surface area contributed by atoms with Crippen molar-refractivity contribution in [3.8, 4) is 0 Å². The molecule has 1 aromatic rings. The summed E-state index contributed by atoms with van der Waals surface area (Å²) in [7, 11) is 0. The lowest BCUT2D eigenvalue weighted by Gasteiger charge is -2.07. The summed E-state index contributed by atoms with van der Waals surface area (Å²) in [6.07, 6.45) is -3.71. The number of rotatable bonds is 1. The number of pyridine rings is 1.